The summed E-state index contributed by atoms with van der Waals surface area (Å²) in [4.78, 5) is 23.8. The fraction of sp³-hybridized carbons (Fsp3) is 0.818. The predicted molar refractivity (Wildman–Crippen MR) is 60.2 cm³/mol. The van der Waals surface area contributed by atoms with E-state index in [0.717, 1.165) is 6.42 Å². The molecule has 0 bridgehead atoms. The van der Waals surface area contributed by atoms with E-state index in [4.69, 9.17) is 5.11 Å². The number of rotatable bonds is 6. The molecule has 1 atom stereocenters. The Morgan fingerprint density at radius 2 is 2.25 bits per heavy atom. The van der Waals surface area contributed by atoms with E-state index in [0.29, 0.717) is 25.6 Å². The van der Waals surface area contributed by atoms with E-state index < -0.39 is 5.97 Å². The van der Waals surface area contributed by atoms with Gasteiger partial charge in [0.1, 0.15) is 0 Å². The molecule has 1 unspecified atom stereocenters. The van der Waals surface area contributed by atoms with Gasteiger partial charge in [-0.3, -0.25) is 4.79 Å². The Balaban J connectivity index is 2.48. The Bertz CT molecular complexity index is 266. The van der Waals surface area contributed by atoms with Crippen LogP contribution < -0.4 is 5.32 Å². The van der Waals surface area contributed by atoms with E-state index in [2.05, 4.69) is 19.2 Å². The van der Waals surface area contributed by atoms with E-state index in [1.807, 2.05) is 0 Å². The first-order valence-corrected chi connectivity index (χ1v) is 5.73. The molecule has 5 nitrogen and oxygen atoms in total. The maximum absolute atomic E-state index is 11.3. The first-order chi connectivity index (χ1) is 7.49. The third-order valence-corrected chi connectivity index (χ3v) is 2.69. The standard InChI is InChI=1S/C11H20N2O3/c1-8(2)5-9(6-10(14)15)7-13-4-3-12-11(13)16/h8-9H,3-7H2,1-2H3,(H,12,16)(H,14,15). The van der Waals surface area contributed by atoms with E-state index in [1.165, 1.54) is 0 Å². The smallest absolute Gasteiger partial charge is 0.317 e. The molecule has 2 N–H and O–H groups in total. The number of carbonyl (C=O) groups excluding carboxylic acids is 1. The molecule has 5 heteroatoms. The number of carboxylic acid groups (broad SMARTS) is 1. The summed E-state index contributed by atoms with van der Waals surface area (Å²) in [7, 11) is 0. The summed E-state index contributed by atoms with van der Waals surface area (Å²) in [6.07, 6.45) is 0.984. The molecule has 1 aliphatic heterocycles. The minimum atomic E-state index is -0.787. The molecule has 1 rings (SSSR count). The molecule has 0 aromatic rings. The van der Waals surface area contributed by atoms with Crippen molar-refractivity contribution in [3.63, 3.8) is 0 Å². The van der Waals surface area contributed by atoms with Gasteiger partial charge in [0.05, 0.1) is 0 Å². The second-order valence-corrected chi connectivity index (χ2v) is 4.77. The van der Waals surface area contributed by atoms with Crippen molar-refractivity contribution in [2.24, 2.45) is 11.8 Å². The maximum atomic E-state index is 11.3. The number of carbonyl (C=O) groups is 2. The van der Waals surface area contributed by atoms with Crippen molar-refractivity contribution in [3.05, 3.63) is 0 Å². The number of aliphatic carboxylic acids is 1. The average molecular weight is 228 g/mol. The van der Waals surface area contributed by atoms with Crippen molar-refractivity contribution in [2.75, 3.05) is 19.6 Å². The number of hydrogen-bond acceptors (Lipinski definition) is 2. The number of nitrogens with one attached hydrogen (secondary N) is 1. The van der Waals surface area contributed by atoms with Crippen LogP contribution in [0.1, 0.15) is 26.7 Å². The first-order valence-electron chi connectivity index (χ1n) is 5.73. The van der Waals surface area contributed by atoms with Crippen molar-refractivity contribution in [1.82, 2.24) is 10.2 Å². The lowest BCUT2D eigenvalue weighted by Crippen LogP contribution is -2.34. The van der Waals surface area contributed by atoms with Gasteiger partial charge < -0.3 is 15.3 Å². The highest BCUT2D eigenvalue weighted by atomic mass is 16.4. The van der Waals surface area contributed by atoms with Gasteiger partial charge in [-0.15, -0.1) is 0 Å². The molecule has 16 heavy (non-hydrogen) atoms. The van der Waals surface area contributed by atoms with Crippen LogP contribution in [0.3, 0.4) is 0 Å². The lowest BCUT2D eigenvalue weighted by molar-refractivity contribution is -0.138. The zero-order valence-electron chi connectivity index (χ0n) is 9.90. The number of hydrogen-bond donors (Lipinski definition) is 2. The Hall–Kier alpha value is -1.26. The third-order valence-electron chi connectivity index (χ3n) is 2.69. The summed E-state index contributed by atoms with van der Waals surface area (Å²) >= 11 is 0. The van der Waals surface area contributed by atoms with Crippen LogP contribution in [0, 0.1) is 11.8 Å². The zero-order chi connectivity index (χ0) is 12.1. The third kappa shape index (κ3) is 4.08. The summed E-state index contributed by atoms with van der Waals surface area (Å²) in [6.45, 7) is 6.04. The molecule has 1 saturated heterocycles. The van der Waals surface area contributed by atoms with E-state index >= 15 is 0 Å². The molecule has 0 aliphatic carbocycles. The van der Waals surface area contributed by atoms with Gasteiger partial charge in [-0.05, 0) is 18.3 Å². The molecular formula is C11H20N2O3. The summed E-state index contributed by atoms with van der Waals surface area (Å²) < 4.78 is 0. The SMILES string of the molecule is CC(C)CC(CC(=O)O)CN1CCNC1=O. The topological polar surface area (TPSA) is 69.6 Å². The van der Waals surface area contributed by atoms with Crippen LogP contribution in [-0.4, -0.2) is 41.6 Å². The minimum absolute atomic E-state index is 0.0568. The van der Waals surface area contributed by atoms with Gasteiger partial charge in [0.25, 0.3) is 0 Å². The molecule has 92 valence electrons. The highest BCUT2D eigenvalue weighted by Gasteiger charge is 2.24. The molecule has 0 spiro atoms. The maximum Gasteiger partial charge on any atom is 0.317 e. The minimum Gasteiger partial charge on any atom is -0.481 e. The highest BCUT2D eigenvalue weighted by molar-refractivity contribution is 5.76. The molecule has 2 amide bonds. The van der Waals surface area contributed by atoms with Gasteiger partial charge in [-0.1, -0.05) is 13.8 Å². The lowest BCUT2D eigenvalue weighted by Gasteiger charge is -2.23. The summed E-state index contributed by atoms with van der Waals surface area (Å²) in [5.74, 6) is -0.276. The van der Waals surface area contributed by atoms with Crippen LogP contribution in [0.5, 0.6) is 0 Å². The van der Waals surface area contributed by atoms with Gasteiger partial charge in [-0.2, -0.15) is 0 Å². The average Bonchev–Trinajstić information content (AvgIpc) is 2.49. The fourth-order valence-corrected chi connectivity index (χ4v) is 2.13. The van der Waals surface area contributed by atoms with Crippen LogP contribution in [0.15, 0.2) is 0 Å². The van der Waals surface area contributed by atoms with Gasteiger partial charge in [-0.25, -0.2) is 4.79 Å². The second-order valence-electron chi connectivity index (χ2n) is 4.77. The monoisotopic (exact) mass is 228 g/mol. The van der Waals surface area contributed by atoms with E-state index in [-0.39, 0.29) is 18.4 Å². The molecule has 1 aliphatic rings. The number of urea groups is 1. The second kappa shape index (κ2) is 5.72. The van der Waals surface area contributed by atoms with Crippen molar-refractivity contribution in [1.29, 1.82) is 0 Å². The zero-order valence-corrected chi connectivity index (χ0v) is 9.90. The van der Waals surface area contributed by atoms with Crippen LogP contribution in [-0.2, 0) is 4.79 Å². The van der Waals surface area contributed by atoms with Crippen LogP contribution in [0.4, 0.5) is 4.79 Å². The molecule has 0 radical (unpaired) electrons. The first kappa shape index (κ1) is 12.8. The largest absolute Gasteiger partial charge is 0.481 e. The van der Waals surface area contributed by atoms with E-state index in [1.54, 1.807) is 4.90 Å². The normalized spacial score (nSPS) is 17.7. The summed E-state index contributed by atoms with van der Waals surface area (Å²) in [6, 6.07) is -0.0702. The Morgan fingerprint density at radius 1 is 1.56 bits per heavy atom. The lowest BCUT2D eigenvalue weighted by atomic mass is 9.94. The highest BCUT2D eigenvalue weighted by Crippen LogP contribution is 2.17. The molecular weight excluding hydrogens is 208 g/mol. The molecule has 1 fully saturated rings. The van der Waals surface area contributed by atoms with Crippen LogP contribution in [0.2, 0.25) is 0 Å². The Labute approximate surface area is 95.8 Å². The molecule has 0 aromatic heterocycles. The summed E-state index contributed by atoms with van der Waals surface area (Å²) in [5, 5.41) is 11.5. The number of nitrogens with zero attached hydrogens (tertiary/aromatic N) is 1. The van der Waals surface area contributed by atoms with Crippen LogP contribution in [0.25, 0.3) is 0 Å². The quantitative estimate of drug-likeness (QED) is 0.716. The molecule has 0 aromatic carbocycles. The molecule has 0 saturated carbocycles. The van der Waals surface area contributed by atoms with Crippen molar-refractivity contribution in [2.45, 2.75) is 26.7 Å². The Morgan fingerprint density at radius 3 is 2.69 bits per heavy atom. The number of carboxylic acids is 1. The van der Waals surface area contributed by atoms with Crippen LogP contribution >= 0.6 is 0 Å². The van der Waals surface area contributed by atoms with Crippen molar-refractivity contribution in [3.8, 4) is 0 Å². The van der Waals surface area contributed by atoms with E-state index in [9.17, 15) is 9.59 Å². The number of amides is 2. The summed E-state index contributed by atoms with van der Waals surface area (Å²) in [5.41, 5.74) is 0. The van der Waals surface area contributed by atoms with Crippen molar-refractivity contribution < 1.29 is 14.7 Å². The van der Waals surface area contributed by atoms with Gasteiger partial charge >= 0.3 is 12.0 Å². The van der Waals surface area contributed by atoms with Gasteiger partial charge in [0.2, 0.25) is 0 Å². The van der Waals surface area contributed by atoms with Gasteiger partial charge in [0, 0.05) is 26.1 Å². The Kier molecular flexibility index (Phi) is 4.58. The predicted octanol–water partition coefficient (Wildman–Crippen LogP) is 1.15. The molecule has 1 heterocycles. The fourth-order valence-electron chi connectivity index (χ4n) is 2.13. The van der Waals surface area contributed by atoms with Gasteiger partial charge in [0.15, 0.2) is 0 Å². The van der Waals surface area contributed by atoms with Crippen molar-refractivity contribution >= 4 is 12.0 Å².